The highest BCUT2D eigenvalue weighted by Crippen LogP contribution is 2.65. The number of hydrogen-bond acceptors (Lipinski definition) is 3. The third-order valence-electron chi connectivity index (χ3n) is 5.11. The fraction of sp³-hybridized carbons (Fsp3) is 0.833. The van der Waals surface area contributed by atoms with Crippen molar-refractivity contribution in [1.29, 1.82) is 0 Å². The van der Waals surface area contributed by atoms with E-state index in [1.54, 1.807) is 0 Å². The number of nitrogens with two attached hydrogens (primary N) is 1. The zero-order valence-electron chi connectivity index (χ0n) is 9.99. The van der Waals surface area contributed by atoms with Crippen LogP contribution in [0.2, 0.25) is 0 Å². The highest BCUT2D eigenvalue weighted by molar-refractivity contribution is 9.12. The van der Waals surface area contributed by atoms with Crippen molar-refractivity contribution < 1.29 is 9.59 Å². The summed E-state index contributed by atoms with van der Waals surface area (Å²) in [7, 11) is 0. The van der Waals surface area contributed by atoms with E-state index in [-0.39, 0.29) is 21.5 Å². The third kappa shape index (κ3) is 1.34. The lowest BCUT2D eigenvalue weighted by Gasteiger charge is -2.51. The molecule has 0 bridgehead atoms. The van der Waals surface area contributed by atoms with Crippen LogP contribution in [0.3, 0.4) is 0 Å². The van der Waals surface area contributed by atoms with Gasteiger partial charge in [0.15, 0.2) is 0 Å². The molecule has 3 aliphatic rings. The van der Waals surface area contributed by atoms with Gasteiger partial charge in [-0.1, -0.05) is 44.7 Å². The molecule has 1 aliphatic heterocycles. The Balaban J connectivity index is 2.14. The van der Waals surface area contributed by atoms with E-state index < -0.39 is 10.8 Å². The fourth-order valence-corrected chi connectivity index (χ4v) is 5.68. The average Bonchev–Trinajstić information content (AvgIpc) is 2.51. The van der Waals surface area contributed by atoms with Crippen LogP contribution < -0.4 is 5.84 Å². The highest BCUT2D eigenvalue weighted by Gasteiger charge is 2.71. The predicted molar refractivity (Wildman–Crippen MR) is 74.0 cm³/mol. The van der Waals surface area contributed by atoms with Crippen LogP contribution in [0.15, 0.2) is 0 Å². The van der Waals surface area contributed by atoms with Crippen molar-refractivity contribution in [3.63, 3.8) is 0 Å². The molecular formula is C12H16Br2N2O2. The van der Waals surface area contributed by atoms with E-state index >= 15 is 0 Å². The van der Waals surface area contributed by atoms with E-state index in [1.807, 2.05) is 0 Å². The second kappa shape index (κ2) is 4.03. The van der Waals surface area contributed by atoms with Gasteiger partial charge in [-0.15, -0.1) is 0 Å². The van der Waals surface area contributed by atoms with E-state index in [9.17, 15) is 9.59 Å². The quantitative estimate of drug-likeness (QED) is 0.303. The van der Waals surface area contributed by atoms with E-state index in [1.165, 1.54) is 0 Å². The number of carbonyl (C=O) groups is 2. The number of amides is 2. The van der Waals surface area contributed by atoms with Crippen molar-refractivity contribution in [2.75, 3.05) is 0 Å². The minimum absolute atomic E-state index is 0.156. The van der Waals surface area contributed by atoms with Gasteiger partial charge in [0.2, 0.25) is 0 Å². The van der Waals surface area contributed by atoms with Gasteiger partial charge < -0.3 is 0 Å². The number of imide groups is 1. The van der Waals surface area contributed by atoms with Crippen molar-refractivity contribution >= 4 is 43.7 Å². The maximum Gasteiger partial charge on any atom is 0.250 e. The van der Waals surface area contributed by atoms with Crippen LogP contribution in [0.5, 0.6) is 0 Å². The summed E-state index contributed by atoms with van der Waals surface area (Å²) in [4.78, 5) is 25.5. The number of alkyl halides is 2. The van der Waals surface area contributed by atoms with Gasteiger partial charge in [0.25, 0.3) is 11.8 Å². The first-order chi connectivity index (χ1) is 8.44. The van der Waals surface area contributed by atoms with Crippen LogP contribution in [0.1, 0.15) is 38.5 Å². The molecule has 0 spiro atoms. The third-order valence-corrected chi connectivity index (χ3v) is 7.74. The zero-order chi connectivity index (χ0) is 13.1. The van der Waals surface area contributed by atoms with Crippen molar-refractivity contribution in [2.24, 2.45) is 16.7 Å². The predicted octanol–water partition coefficient (Wildman–Crippen LogP) is 2.10. The van der Waals surface area contributed by atoms with Gasteiger partial charge in [-0.2, -0.15) is 0 Å². The average molecular weight is 380 g/mol. The first-order valence-electron chi connectivity index (χ1n) is 6.36. The van der Waals surface area contributed by atoms with Crippen LogP contribution in [0.4, 0.5) is 0 Å². The van der Waals surface area contributed by atoms with Crippen molar-refractivity contribution in [3.05, 3.63) is 0 Å². The zero-order valence-corrected chi connectivity index (χ0v) is 13.2. The lowest BCUT2D eigenvalue weighted by atomic mass is 9.51. The topological polar surface area (TPSA) is 63.4 Å². The van der Waals surface area contributed by atoms with E-state index in [4.69, 9.17) is 5.84 Å². The van der Waals surface area contributed by atoms with Crippen LogP contribution >= 0.6 is 31.9 Å². The molecule has 0 aromatic heterocycles. The molecule has 2 amide bonds. The molecule has 4 atom stereocenters. The molecule has 0 aromatic rings. The normalized spacial score (nSPS) is 48.1. The van der Waals surface area contributed by atoms with Crippen molar-refractivity contribution in [2.45, 2.75) is 48.2 Å². The molecule has 100 valence electrons. The molecule has 1 heterocycles. The van der Waals surface area contributed by atoms with Crippen LogP contribution in [-0.4, -0.2) is 26.5 Å². The molecule has 6 heteroatoms. The Morgan fingerprint density at radius 3 is 1.78 bits per heavy atom. The Morgan fingerprint density at radius 1 is 1.00 bits per heavy atom. The highest BCUT2D eigenvalue weighted by atomic mass is 79.9. The molecule has 0 aromatic carbocycles. The molecule has 3 fully saturated rings. The molecule has 2 aliphatic carbocycles. The molecular weight excluding hydrogens is 364 g/mol. The number of hydrazine groups is 1. The van der Waals surface area contributed by atoms with Crippen LogP contribution in [0, 0.1) is 10.8 Å². The summed E-state index contributed by atoms with van der Waals surface area (Å²) in [6.45, 7) is 0. The Hall–Kier alpha value is 0.0600. The number of halogens is 2. The first-order valence-corrected chi connectivity index (χ1v) is 8.20. The SMILES string of the molecule is NN1C(=O)[C@@]23CCCC[C@]2(C[C@@H](Br)[C@H](Br)C3)C1=O. The molecule has 2 N–H and O–H groups in total. The standard InChI is InChI=1S/C12H16Br2N2O2/c13-7-5-11-3-1-2-4-12(11,6-8(7)14)10(18)16(15)9(11)17/h7-8H,1-6,15H2/t7-,8-,11+,12+/m1/s1. The monoisotopic (exact) mass is 378 g/mol. The first kappa shape index (κ1) is 13.1. The molecule has 0 unspecified atom stereocenters. The summed E-state index contributed by atoms with van der Waals surface area (Å²) in [6, 6.07) is 0. The Labute approximate surface area is 123 Å². The largest absolute Gasteiger partial charge is 0.272 e. The van der Waals surface area contributed by atoms with Crippen LogP contribution in [0.25, 0.3) is 0 Å². The van der Waals surface area contributed by atoms with Gasteiger partial charge in [0, 0.05) is 9.65 Å². The maximum absolute atomic E-state index is 12.5. The van der Waals surface area contributed by atoms with E-state index in [2.05, 4.69) is 31.9 Å². The summed E-state index contributed by atoms with van der Waals surface area (Å²) < 4.78 is 0. The maximum atomic E-state index is 12.5. The fourth-order valence-electron chi connectivity index (χ4n) is 4.20. The minimum Gasteiger partial charge on any atom is -0.272 e. The number of rotatable bonds is 0. The van der Waals surface area contributed by atoms with E-state index in [0.29, 0.717) is 12.8 Å². The summed E-state index contributed by atoms with van der Waals surface area (Å²) >= 11 is 7.28. The number of nitrogens with zero attached hydrogens (tertiary/aromatic N) is 1. The molecule has 2 saturated carbocycles. The van der Waals surface area contributed by atoms with Crippen molar-refractivity contribution in [3.8, 4) is 0 Å². The molecule has 3 rings (SSSR count). The molecule has 4 nitrogen and oxygen atoms in total. The Morgan fingerprint density at radius 2 is 1.39 bits per heavy atom. The Bertz CT molecular complexity index is 392. The van der Waals surface area contributed by atoms with Gasteiger partial charge in [0.05, 0.1) is 10.8 Å². The van der Waals surface area contributed by atoms with Crippen LogP contribution in [-0.2, 0) is 9.59 Å². The lowest BCUT2D eigenvalue weighted by Crippen LogP contribution is -2.54. The number of carbonyl (C=O) groups excluding carboxylic acids is 2. The molecule has 18 heavy (non-hydrogen) atoms. The molecule has 1 saturated heterocycles. The smallest absolute Gasteiger partial charge is 0.250 e. The lowest BCUT2D eigenvalue weighted by molar-refractivity contribution is -0.143. The second-order valence-electron chi connectivity index (χ2n) is 5.79. The molecule has 0 radical (unpaired) electrons. The summed E-state index contributed by atoms with van der Waals surface area (Å²) in [6.07, 6.45) is 5.05. The summed E-state index contributed by atoms with van der Waals surface area (Å²) in [5, 5.41) is 0.899. The van der Waals surface area contributed by atoms with Gasteiger partial charge in [-0.25, -0.2) is 10.9 Å². The minimum atomic E-state index is -0.546. The summed E-state index contributed by atoms with van der Waals surface area (Å²) in [5.74, 6) is 5.41. The Kier molecular flexibility index (Phi) is 2.92. The number of hydrogen-bond donors (Lipinski definition) is 1. The van der Waals surface area contributed by atoms with Gasteiger partial charge in [-0.3, -0.25) is 9.59 Å². The van der Waals surface area contributed by atoms with Gasteiger partial charge >= 0.3 is 0 Å². The second-order valence-corrected chi connectivity index (χ2v) is 8.14. The van der Waals surface area contributed by atoms with Crippen molar-refractivity contribution in [1.82, 2.24) is 5.01 Å². The van der Waals surface area contributed by atoms with Gasteiger partial charge in [0.1, 0.15) is 0 Å². The van der Waals surface area contributed by atoms with E-state index in [0.717, 1.165) is 30.7 Å². The van der Waals surface area contributed by atoms with Gasteiger partial charge in [-0.05, 0) is 25.7 Å². The summed E-state index contributed by atoms with van der Waals surface area (Å²) in [5.41, 5.74) is -1.09.